The van der Waals surface area contributed by atoms with Gasteiger partial charge >= 0.3 is 0 Å². The molecule has 0 saturated heterocycles. The van der Waals surface area contributed by atoms with Crippen molar-refractivity contribution < 1.29 is 17.9 Å². The summed E-state index contributed by atoms with van der Waals surface area (Å²) >= 11 is 0. The van der Waals surface area contributed by atoms with Gasteiger partial charge in [0.25, 0.3) is 10.0 Å². The van der Waals surface area contributed by atoms with Gasteiger partial charge in [0, 0.05) is 13.6 Å². The number of hydrogen-bond donors (Lipinski definition) is 0. The van der Waals surface area contributed by atoms with Gasteiger partial charge in [-0.2, -0.15) is 0 Å². The van der Waals surface area contributed by atoms with Crippen LogP contribution in [-0.2, 0) is 21.4 Å². The molecule has 0 heterocycles. The number of nitrogens with zero attached hydrogens (tertiary/aromatic N) is 2. The van der Waals surface area contributed by atoms with Crippen molar-refractivity contribution in [1.29, 1.82) is 0 Å². The quantitative estimate of drug-likeness (QED) is 0.491. The third kappa shape index (κ3) is 5.54. The van der Waals surface area contributed by atoms with Crippen LogP contribution in [0.1, 0.15) is 22.3 Å². The predicted molar refractivity (Wildman–Crippen MR) is 131 cm³/mol. The Morgan fingerprint density at radius 3 is 2.24 bits per heavy atom. The minimum Gasteiger partial charge on any atom is -0.495 e. The highest BCUT2D eigenvalue weighted by atomic mass is 32.2. The van der Waals surface area contributed by atoms with Crippen LogP contribution in [0.2, 0.25) is 0 Å². The lowest BCUT2D eigenvalue weighted by Crippen LogP contribution is -2.41. The topological polar surface area (TPSA) is 66.9 Å². The molecule has 0 fully saturated rings. The molecule has 0 aliphatic carbocycles. The summed E-state index contributed by atoms with van der Waals surface area (Å²) in [6.07, 6.45) is 0. The molecule has 6 nitrogen and oxygen atoms in total. The number of aryl methyl sites for hydroxylation is 3. The Kier molecular flexibility index (Phi) is 7.43. The molecule has 0 spiro atoms. The first kappa shape index (κ1) is 24.3. The number of ether oxygens (including phenoxy) is 1. The lowest BCUT2D eigenvalue weighted by atomic mass is 10.1. The number of methoxy groups -OCH3 is 1. The first-order chi connectivity index (χ1) is 15.6. The Labute approximate surface area is 196 Å². The third-order valence-electron chi connectivity index (χ3n) is 5.63. The zero-order valence-electron chi connectivity index (χ0n) is 19.7. The van der Waals surface area contributed by atoms with Crippen molar-refractivity contribution in [3.63, 3.8) is 0 Å². The molecule has 3 aromatic carbocycles. The van der Waals surface area contributed by atoms with Crippen LogP contribution >= 0.6 is 0 Å². The molecular weight excluding hydrogens is 436 g/mol. The van der Waals surface area contributed by atoms with Gasteiger partial charge in [0.2, 0.25) is 5.91 Å². The van der Waals surface area contributed by atoms with Crippen LogP contribution in [0, 0.1) is 20.8 Å². The van der Waals surface area contributed by atoms with Crippen LogP contribution in [-0.4, -0.2) is 39.9 Å². The fourth-order valence-corrected chi connectivity index (χ4v) is 5.14. The summed E-state index contributed by atoms with van der Waals surface area (Å²) in [5, 5.41) is 0. The minimum absolute atomic E-state index is 0.0294. The normalized spacial score (nSPS) is 11.2. The van der Waals surface area contributed by atoms with E-state index in [0.29, 0.717) is 12.2 Å². The lowest BCUT2D eigenvalue weighted by molar-refractivity contribution is -0.128. The van der Waals surface area contributed by atoms with Gasteiger partial charge in [-0.1, -0.05) is 42.5 Å². The molecule has 0 aliphatic heterocycles. The number of rotatable bonds is 8. The average Bonchev–Trinajstić information content (AvgIpc) is 2.79. The van der Waals surface area contributed by atoms with E-state index in [-0.39, 0.29) is 23.1 Å². The van der Waals surface area contributed by atoms with Gasteiger partial charge in [-0.25, -0.2) is 8.42 Å². The van der Waals surface area contributed by atoms with Gasteiger partial charge in [0.15, 0.2) is 0 Å². The monoisotopic (exact) mass is 466 g/mol. The highest BCUT2D eigenvalue weighted by Gasteiger charge is 2.31. The predicted octanol–water partition coefficient (Wildman–Crippen LogP) is 4.47. The van der Waals surface area contributed by atoms with Gasteiger partial charge in [-0.3, -0.25) is 9.10 Å². The van der Waals surface area contributed by atoms with Crippen molar-refractivity contribution >= 4 is 21.6 Å². The van der Waals surface area contributed by atoms with Gasteiger partial charge < -0.3 is 9.64 Å². The van der Waals surface area contributed by atoms with Crippen LogP contribution < -0.4 is 9.04 Å². The van der Waals surface area contributed by atoms with Crippen LogP contribution in [0.4, 0.5) is 5.69 Å². The Balaban J connectivity index is 2.02. The van der Waals surface area contributed by atoms with E-state index in [0.717, 1.165) is 22.3 Å². The molecule has 0 bridgehead atoms. The standard InChI is InChI=1S/C26H30N2O4S/c1-19-11-14-24(32-5)25(15-19)33(30,31)28(23-13-12-20(2)21(3)16-23)18-26(29)27(4)17-22-9-7-6-8-10-22/h6-16H,17-18H2,1-5H3. The van der Waals surface area contributed by atoms with Gasteiger partial charge in [-0.05, 0) is 67.3 Å². The Morgan fingerprint density at radius 1 is 0.909 bits per heavy atom. The lowest BCUT2D eigenvalue weighted by Gasteiger charge is -2.28. The molecule has 3 aromatic rings. The summed E-state index contributed by atoms with van der Waals surface area (Å²) in [6, 6.07) is 20.0. The second-order valence-electron chi connectivity index (χ2n) is 8.17. The summed E-state index contributed by atoms with van der Waals surface area (Å²) < 4.78 is 34.2. The second kappa shape index (κ2) is 10.1. The van der Waals surface area contributed by atoms with Crippen molar-refractivity contribution in [3.8, 4) is 5.75 Å². The van der Waals surface area contributed by atoms with Crippen LogP contribution in [0.3, 0.4) is 0 Å². The molecule has 0 saturated carbocycles. The zero-order chi connectivity index (χ0) is 24.2. The fourth-order valence-electron chi connectivity index (χ4n) is 3.49. The highest BCUT2D eigenvalue weighted by molar-refractivity contribution is 7.93. The largest absolute Gasteiger partial charge is 0.495 e. The molecule has 0 radical (unpaired) electrons. The molecule has 1 amide bonds. The Morgan fingerprint density at radius 2 is 1.61 bits per heavy atom. The van der Waals surface area contributed by atoms with E-state index in [1.165, 1.54) is 16.3 Å². The van der Waals surface area contributed by atoms with Crippen molar-refractivity contribution in [2.45, 2.75) is 32.2 Å². The summed E-state index contributed by atoms with van der Waals surface area (Å²) in [5.41, 5.74) is 4.16. The number of amides is 1. The molecule has 174 valence electrons. The van der Waals surface area contributed by atoms with Gasteiger partial charge in [0.1, 0.15) is 17.2 Å². The van der Waals surface area contributed by atoms with Gasteiger partial charge in [0.05, 0.1) is 12.8 Å². The number of carbonyl (C=O) groups excluding carboxylic acids is 1. The van der Waals surface area contributed by atoms with Gasteiger partial charge in [-0.15, -0.1) is 0 Å². The molecule has 0 atom stereocenters. The molecule has 0 N–H and O–H groups in total. The molecule has 0 unspecified atom stereocenters. The van der Waals surface area contributed by atoms with E-state index in [1.807, 2.05) is 57.2 Å². The first-order valence-corrected chi connectivity index (χ1v) is 12.1. The molecular formula is C26H30N2O4S. The molecule has 7 heteroatoms. The summed E-state index contributed by atoms with van der Waals surface area (Å²) in [4.78, 5) is 14.7. The van der Waals surface area contributed by atoms with Crippen LogP contribution in [0.25, 0.3) is 0 Å². The van der Waals surface area contributed by atoms with E-state index in [1.54, 1.807) is 37.4 Å². The molecule has 0 aromatic heterocycles. The fraction of sp³-hybridized carbons (Fsp3) is 0.269. The zero-order valence-corrected chi connectivity index (χ0v) is 20.5. The maximum atomic E-state index is 13.9. The number of anilines is 1. The number of likely N-dealkylation sites (N-methyl/N-ethyl adjacent to an activating group) is 1. The van der Waals surface area contributed by atoms with E-state index < -0.39 is 10.0 Å². The second-order valence-corrected chi connectivity index (χ2v) is 10.0. The minimum atomic E-state index is -4.09. The maximum Gasteiger partial charge on any atom is 0.268 e. The van der Waals surface area contributed by atoms with Crippen molar-refractivity contribution in [1.82, 2.24) is 4.90 Å². The SMILES string of the molecule is COc1ccc(C)cc1S(=O)(=O)N(CC(=O)N(C)Cc1ccccc1)c1ccc(C)c(C)c1. The van der Waals surface area contributed by atoms with E-state index in [2.05, 4.69) is 0 Å². The third-order valence-corrected chi connectivity index (χ3v) is 7.43. The number of sulfonamides is 1. The Bertz CT molecular complexity index is 1240. The average molecular weight is 467 g/mol. The van der Waals surface area contributed by atoms with Crippen molar-refractivity contribution in [3.05, 3.63) is 89.0 Å². The molecule has 0 aliphatic rings. The number of carbonyl (C=O) groups is 1. The van der Waals surface area contributed by atoms with E-state index in [9.17, 15) is 13.2 Å². The number of hydrogen-bond acceptors (Lipinski definition) is 4. The molecule has 3 rings (SSSR count). The summed E-state index contributed by atoms with van der Waals surface area (Å²) in [5.74, 6) is -0.0770. The Hall–Kier alpha value is -3.32. The van der Waals surface area contributed by atoms with Crippen molar-refractivity contribution in [2.75, 3.05) is 25.0 Å². The van der Waals surface area contributed by atoms with Crippen LogP contribution in [0.15, 0.2) is 71.6 Å². The maximum absolute atomic E-state index is 13.9. The van der Waals surface area contributed by atoms with Crippen molar-refractivity contribution in [2.24, 2.45) is 0 Å². The van der Waals surface area contributed by atoms with Crippen LogP contribution in [0.5, 0.6) is 5.75 Å². The number of benzene rings is 3. The molecule has 33 heavy (non-hydrogen) atoms. The summed E-state index contributed by atoms with van der Waals surface area (Å²) in [6.45, 7) is 5.75. The first-order valence-electron chi connectivity index (χ1n) is 10.7. The van der Waals surface area contributed by atoms with E-state index in [4.69, 9.17) is 4.74 Å². The summed E-state index contributed by atoms with van der Waals surface area (Å²) in [7, 11) is -0.982. The smallest absolute Gasteiger partial charge is 0.268 e. The van der Waals surface area contributed by atoms with E-state index >= 15 is 0 Å². The highest BCUT2D eigenvalue weighted by Crippen LogP contribution is 2.31.